The van der Waals surface area contributed by atoms with E-state index >= 15 is 0 Å². The van der Waals surface area contributed by atoms with Crippen molar-refractivity contribution >= 4 is 46.4 Å². The van der Waals surface area contributed by atoms with Gasteiger partial charge in [-0.25, -0.2) is 0 Å². The van der Waals surface area contributed by atoms with E-state index in [9.17, 15) is 25.5 Å². The molecular weight excluding hydrogens is 414 g/mol. The molecule has 0 radical (unpaired) electrons. The third kappa shape index (κ3) is 3.49. The Morgan fingerprint density at radius 1 is 0.958 bits per heavy atom. The summed E-state index contributed by atoms with van der Waals surface area (Å²) in [6, 6.07) is 0. The van der Waals surface area contributed by atoms with Crippen molar-refractivity contribution in [2.45, 2.75) is 53.0 Å². The van der Waals surface area contributed by atoms with Gasteiger partial charge in [0.1, 0.15) is 30.5 Å². The summed E-state index contributed by atoms with van der Waals surface area (Å²) in [7, 11) is 0. The molecule has 0 saturated carbocycles. The van der Waals surface area contributed by atoms with E-state index in [1.165, 1.54) is 0 Å². The Balaban J connectivity index is 2.29. The van der Waals surface area contributed by atoms with Gasteiger partial charge in [0.05, 0.1) is 23.7 Å². The van der Waals surface area contributed by atoms with E-state index in [1.54, 1.807) is 0 Å². The Bertz CT molecular complexity index is 445. The molecule has 24 heavy (non-hydrogen) atoms. The molecule has 12 heteroatoms. The van der Waals surface area contributed by atoms with Crippen LogP contribution in [0.15, 0.2) is 0 Å². The third-order valence-corrected chi connectivity index (χ3v) is 5.61. The molecular formula is C12H18Cl4O8. The number of halogens is 4. The summed E-state index contributed by atoms with van der Waals surface area (Å²) >= 11 is 23.4. The highest BCUT2D eigenvalue weighted by Gasteiger charge is 2.62. The van der Waals surface area contributed by atoms with E-state index in [2.05, 4.69) is 0 Å². The fourth-order valence-electron chi connectivity index (χ4n) is 2.60. The molecule has 0 aromatic rings. The van der Waals surface area contributed by atoms with Gasteiger partial charge in [-0.3, -0.25) is 4.74 Å². The van der Waals surface area contributed by atoms with Gasteiger partial charge in [0.15, 0.2) is 6.10 Å². The van der Waals surface area contributed by atoms with Crippen LogP contribution in [0.1, 0.15) is 0 Å². The molecule has 2 heterocycles. The normalized spacial score (nSPS) is 52.6. The Labute approximate surface area is 157 Å². The number of hydrogen-bond donors (Lipinski definition) is 5. The van der Waals surface area contributed by atoms with E-state index in [-0.39, 0.29) is 5.88 Å². The second-order valence-electron chi connectivity index (χ2n) is 5.59. The number of aliphatic hydroxyl groups is 5. The van der Waals surface area contributed by atoms with Crippen LogP contribution in [-0.2, 0) is 14.2 Å². The molecule has 0 aromatic heterocycles. The van der Waals surface area contributed by atoms with Crippen LogP contribution in [-0.4, -0.2) is 96.9 Å². The summed E-state index contributed by atoms with van der Waals surface area (Å²) in [6.45, 7) is -0.625. The highest BCUT2D eigenvalue weighted by Crippen LogP contribution is 2.44. The predicted octanol–water partition coefficient (Wildman–Crippen LogP) is -1.09. The van der Waals surface area contributed by atoms with Crippen LogP contribution in [0, 0.1) is 0 Å². The monoisotopic (exact) mass is 430 g/mol. The maximum atomic E-state index is 10.2. The van der Waals surface area contributed by atoms with Gasteiger partial charge in [-0.15, -0.1) is 34.8 Å². The van der Waals surface area contributed by atoms with Crippen LogP contribution < -0.4 is 0 Å². The fraction of sp³-hybridized carbons (Fsp3) is 1.00. The van der Waals surface area contributed by atoms with Crippen LogP contribution >= 0.6 is 46.4 Å². The van der Waals surface area contributed by atoms with Gasteiger partial charge in [-0.1, -0.05) is 11.6 Å². The van der Waals surface area contributed by atoms with E-state index in [0.717, 1.165) is 0 Å². The minimum atomic E-state index is -2.45. The Morgan fingerprint density at radius 2 is 1.58 bits per heavy atom. The standard InChI is InChI=1S/C12H18Cl4O8/c13-1-4-7(18)9(20)11(3-14,22-4)24-12(16)10(21)8(19)6(15)5(2-17)23-12/h4-10,17-21H,1-3H2/t4-,5-,6+,7-,8+,9+,10-,11+,12-/m1/s1. The highest BCUT2D eigenvalue weighted by atomic mass is 35.5. The Morgan fingerprint density at radius 3 is 2.04 bits per heavy atom. The van der Waals surface area contributed by atoms with E-state index in [0.29, 0.717) is 0 Å². The number of hydrogen-bond acceptors (Lipinski definition) is 8. The topological polar surface area (TPSA) is 129 Å². The lowest BCUT2D eigenvalue weighted by atomic mass is 10.0. The molecule has 2 aliphatic rings. The van der Waals surface area contributed by atoms with Gasteiger partial charge in [0.25, 0.3) is 5.25 Å². The van der Waals surface area contributed by atoms with Crippen molar-refractivity contribution in [3.05, 3.63) is 0 Å². The van der Waals surface area contributed by atoms with Crippen molar-refractivity contribution in [2.75, 3.05) is 18.4 Å². The second-order valence-corrected chi connectivity index (χ2v) is 7.20. The van der Waals surface area contributed by atoms with Crippen molar-refractivity contribution < 1.29 is 39.7 Å². The van der Waals surface area contributed by atoms with Crippen LogP contribution in [0.3, 0.4) is 0 Å². The van der Waals surface area contributed by atoms with Crippen molar-refractivity contribution in [1.29, 1.82) is 0 Å². The molecule has 142 valence electrons. The van der Waals surface area contributed by atoms with Crippen molar-refractivity contribution in [3.63, 3.8) is 0 Å². The summed E-state index contributed by atoms with van der Waals surface area (Å²) in [6.07, 6.45) is -8.77. The lowest BCUT2D eigenvalue weighted by Crippen LogP contribution is -2.66. The zero-order chi connectivity index (χ0) is 18.3. The summed E-state index contributed by atoms with van der Waals surface area (Å²) in [5, 5.41) is 46.0. The number of alkyl halides is 4. The summed E-state index contributed by atoms with van der Waals surface area (Å²) in [5.41, 5.74) is 0. The number of rotatable bonds is 5. The first kappa shape index (κ1) is 21.1. The molecule has 0 amide bonds. The van der Waals surface area contributed by atoms with Crippen molar-refractivity contribution in [1.82, 2.24) is 0 Å². The first-order valence-corrected chi connectivity index (χ1v) is 8.88. The summed E-state index contributed by atoms with van der Waals surface area (Å²) in [4.78, 5) is 0. The van der Waals surface area contributed by atoms with E-state index in [1.807, 2.05) is 0 Å². The summed E-state index contributed by atoms with van der Waals surface area (Å²) < 4.78 is 16.0. The van der Waals surface area contributed by atoms with Crippen LogP contribution in [0.5, 0.6) is 0 Å². The van der Waals surface area contributed by atoms with Gasteiger partial charge in [-0.2, -0.15) is 0 Å². The number of aliphatic hydroxyl groups excluding tert-OH is 5. The maximum Gasteiger partial charge on any atom is 0.281 e. The smallest absolute Gasteiger partial charge is 0.281 e. The fourth-order valence-corrected chi connectivity index (χ4v) is 3.77. The van der Waals surface area contributed by atoms with Gasteiger partial charge in [0.2, 0.25) is 5.79 Å². The molecule has 2 rings (SSSR count). The lowest BCUT2D eigenvalue weighted by molar-refractivity contribution is -0.378. The van der Waals surface area contributed by atoms with Gasteiger partial charge in [-0.05, 0) is 0 Å². The average molecular weight is 432 g/mol. The molecule has 2 aliphatic heterocycles. The molecule has 0 spiro atoms. The Kier molecular flexibility index (Phi) is 6.90. The molecule has 0 unspecified atom stereocenters. The molecule has 2 saturated heterocycles. The molecule has 0 bridgehead atoms. The quantitative estimate of drug-likeness (QED) is 0.347. The van der Waals surface area contributed by atoms with Crippen LogP contribution in [0.25, 0.3) is 0 Å². The second kappa shape index (κ2) is 7.84. The van der Waals surface area contributed by atoms with E-state index in [4.69, 9.17) is 60.6 Å². The largest absolute Gasteiger partial charge is 0.394 e. The summed E-state index contributed by atoms with van der Waals surface area (Å²) in [5.74, 6) is -2.75. The van der Waals surface area contributed by atoms with Gasteiger partial charge in [0, 0.05) is 0 Å². The van der Waals surface area contributed by atoms with Crippen molar-refractivity contribution in [2.24, 2.45) is 0 Å². The zero-order valence-electron chi connectivity index (χ0n) is 12.1. The average Bonchev–Trinajstić information content (AvgIpc) is 2.81. The number of ether oxygens (including phenoxy) is 3. The third-order valence-electron chi connectivity index (χ3n) is 4.01. The van der Waals surface area contributed by atoms with Crippen molar-refractivity contribution in [3.8, 4) is 0 Å². The highest BCUT2D eigenvalue weighted by molar-refractivity contribution is 6.24. The molecule has 5 N–H and O–H groups in total. The minimum absolute atomic E-state index is 0.176. The van der Waals surface area contributed by atoms with Gasteiger partial charge < -0.3 is 35.0 Å². The zero-order valence-corrected chi connectivity index (χ0v) is 15.2. The van der Waals surface area contributed by atoms with Gasteiger partial charge >= 0.3 is 0 Å². The first-order chi connectivity index (χ1) is 11.2. The Hall–Kier alpha value is 0.840. The van der Waals surface area contributed by atoms with Crippen LogP contribution in [0.4, 0.5) is 0 Å². The SMILES string of the molecule is OC[C@H]1O[C@@](Cl)(O[C@]2(CCl)O[C@H](CCl)[C@@H](O)[C@@H]2O)[C@H](O)[C@@H](O)[C@H]1Cl. The van der Waals surface area contributed by atoms with E-state index < -0.39 is 65.5 Å². The molecule has 2 fully saturated rings. The molecule has 0 aliphatic carbocycles. The predicted molar refractivity (Wildman–Crippen MR) is 84.3 cm³/mol. The molecule has 9 atom stereocenters. The molecule has 8 nitrogen and oxygen atoms in total. The lowest BCUT2D eigenvalue weighted by Gasteiger charge is -2.47. The maximum absolute atomic E-state index is 10.2. The molecule has 0 aromatic carbocycles. The van der Waals surface area contributed by atoms with Crippen LogP contribution in [0.2, 0.25) is 0 Å². The first-order valence-electron chi connectivity index (χ1n) is 6.99. The minimum Gasteiger partial charge on any atom is -0.394 e.